The van der Waals surface area contributed by atoms with Crippen LogP contribution in [-0.4, -0.2) is 47.1 Å². The molecule has 1 saturated heterocycles. The van der Waals surface area contributed by atoms with E-state index in [1.165, 1.54) is 5.56 Å². The van der Waals surface area contributed by atoms with Crippen molar-refractivity contribution in [2.75, 3.05) is 26.4 Å². The van der Waals surface area contributed by atoms with Crippen LogP contribution in [-0.2, 0) is 24.9 Å². The van der Waals surface area contributed by atoms with Gasteiger partial charge in [-0.3, -0.25) is 0 Å². The molecule has 2 N–H and O–H groups in total. The van der Waals surface area contributed by atoms with Crippen LogP contribution in [0.3, 0.4) is 0 Å². The number of hydrogen-bond acceptors (Lipinski definition) is 5. The van der Waals surface area contributed by atoms with E-state index in [0.717, 1.165) is 49.3 Å². The van der Waals surface area contributed by atoms with Crippen molar-refractivity contribution in [3.8, 4) is 5.75 Å². The number of aryl methyl sites for hydroxylation is 2. The second-order valence-corrected chi connectivity index (χ2v) is 7.06. The highest BCUT2D eigenvalue weighted by atomic mass is 127. The van der Waals surface area contributed by atoms with Crippen LogP contribution in [0.2, 0.25) is 0 Å². The summed E-state index contributed by atoms with van der Waals surface area (Å²) < 4.78 is 13.4. The van der Waals surface area contributed by atoms with Crippen LogP contribution < -0.4 is 15.4 Å². The van der Waals surface area contributed by atoms with E-state index in [1.807, 2.05) is 18.5 Å². The molecule has 1 atom stereocenters. The molecule has 8 nitrogen and oxygen atoms in total. The molecule has 0 amide bonds. The minimum absolute atomic E-state index is 0. The fourth-order valence-corrected chi connectivity index (χ4v) is 2.99. The Bertz CT molecular complexity index is 789. The second kappa shape index (κ2) is 12.0. The lowest BCUT2D eigenvalue weighted by atomic mass is 10.1. The van der Waals surface area contributed by atoms with Crippen LogP contribution >= 0.6 is 24.0 Å². The Kier molecular flexibility index (Phi) is 9.65. The van der Waals surface area contributed by atoms with Gasteiger partial charge in [0.25, 0.3) is 0 Å². The highest BCUT2D eigenvalue weighted by molar-refractivity contribution is 14.0. The average molecular weight is 514 g/mol. The molecule has 2 heterocycles. The molecule has 0 saturated carbocycles. The molecule has 1 aromatic carbocycles. The first kappa shape index (κ1) is 23.4. The van der Waals surface area contributed by atoms with Crippen LogP contribution in [0.1, 0.15) is 30.3 Å². The summed E-state index contributed by atoms with van der Waals surface area (Å²) >= 11 is 0. The predicted molar refractivity (Wildman–Crippen MR) is 124 cm³/mol. The van der Waals surface area contributed by atoms with E-state index in [2.05, 4.69) is 46.0 Å². The van der Waals surface area contributed by atoms with E-state index in [-0.39, 0.29) is 24.0 Å². The maximum atomic E-state index is 6.12. The van der Waals surface area contributed by atoms with Crippen molar-refractivity contribution in [1.29, 1.82) is 0 Å². The van der Waals surface area contributed by atoms with Gasteiger partial charge in [-0.1, -0.05) is 12.1 Å². The Morgan fingerprint density at radius 3 is 2.93 bits per heavy atom. The van der Waals surface area contributed by atoms with Crippen molar-refractivity contribution >= 4 is 29.9 Å². The van der Waals surface area contributed by atoms with E-state index in [1.54, 1.807) is 6.33 Å². The lowest BCUT2D eigenvalue weighted by Gasteiger charge is -2.15. The van der Waals surface area contributed by atoms with Crippen molar-refractivity contribution in [1.82, 2.24) is 25.4 Å². The third kappa shape index (κ3) is 7.14. The molecule has 0 spiro atoms. The molecule has 1 aromatic heterocycles. The number of aromatic nitrogens is 3. The predicted octanol–water partition coefficient (Wildman–Crippen LogP) is 2.41. The zero-order valence-corrected chi connectivity index (χ0v) is 19.7. The van der Waals surface area contributed by atoms with Crippen molar-refractivity contribution in [3.63, 3.8) is 0 Å². The lowest BCUT2D eigenvalue weighted by molar-refractivity contribution is 0.166. The Hall–Kier alpha value is -1.88. The van der Waals surface area contributed by atoms with Gasteiger partial charge in [0.1, 0.15) is 12.1 Å². The number of ether oxygens (including phenoxy) is 2. The van der Waals surface area contributed by atoms with Gasteiger partial charge in [-0.2, -0.15) is 0 Å². The molecule has 1 aliphatic rings. The molecule has 0 radical (unpaired) electrons. The normalized spacial score (nSPS) is 16.4. The summed E-state index contributed by atoms with van der Waals surface area (Å²) in [6, 6.07) is 6.27. The quantitative estimate of drug-likeness (QED) is 0.320. The van der Waals surface area contributed by atoms with Gasteiger partial charge in [0, 0.05) is 31.7 Å². The standard InChI is InChI=1S/C20H30N6O2.HI/c1-4-21-20(23-11-19-25-24-14-26(19)3)22-10-17-6-5-15(2)9-18(17)28-13-16-7-8-27-12-16;/h5-6,9,14,16H,4,7-8,10-13H2,1-3H3,(H2,21,22,23);1H. The molecule has 1 fully saturated rings. The molecule has 160 valence electrons. The zero-order chi connectivity index (χ0) is 19.8. The fourth-order valence-electron chi connectivity index (χ4n) is 2.99. The molecule has 0 bridgehead atoms. The number of hydrogen-bond donors (Lipinski definition) is 2. The van der Waals surface area contributed by atoms with E-state index in [9.17, 15) is 0 Å². The summed E-state index contributed by atoms with van der Waals surface area (Å²) in [5.41, 5.74) is 2.25. The number of halogens is 1. The monoisotopic (exact) mass is 514 g/mol. The maximum Gasteiger partial charge on any atom is 0.191 e. The summed E-state index contributed by atoms with van der Waals surface area (Å²) in [6.07, 6.45) is 2.75. The van der Waals surface area contributed by atoms with E-state index >= 15 is 0 Å². The highest BCUT2D eigenvalue weighted by Crippen LogP contribution is 2.23. The van der Waals surface area contributed by atoms with Crippen LogP contribution in [0.25, 0.3) is 0 Å². The van der Waals surface area contributed by atoms with Crippen molar-refractivity contribution in [2.45, 2.75) is 33.4 Å². The molecule has 9 heteroatoms. The molecular formula is C20H31IN6O2. The van der Waals surface area contributed by atoms with Gasteiger partial charge in [0.2, 0.25) is 0 Å². The van der Waals surface area contributed by atoms with Gasteiger partial charge in [-0.05, 0) is 31.9 Å². The summed E-state index contributed by atoms with van der Waals surface area (Å²) in [5.74, 6) is 2.96. The molecule has 1 unspecified atom stereocenters. The molecule has 2 aromatic rings. The Morgan fingerprint density at radius 2 is 2.24 bits per heavy atom. The summed E-state index contributed by atoms with van der Waals surface area (Å²) in [7, 11) is 1.92. The smallest absolute Gasteiger partial charge is 0.191 e. The number of aliphatic imine (C=N–C) groups is 1. The van der Waals surface area contributed by atoms with Crippen LogP contribution in [0.4, 0.5) is 0 Å². The van der Waals surface area contributed by atoms with Crippen LogP contribution in [0.15, 0.2) is 29.5 Å². The lowest BCUT2D eigenvalue weighted by Crippen LogP contribution is -2.37. The van der Waals surface area contributed by atoms with E-state index in [0.29, 0.717) is 25.6 Å². The largest absolute Gasteiger partial charge is 0.493 e. The molecule has 29 heavy (non-hydrogen) atoms. The first-order valence-corrected chi connectivity index (χ1v) is 9.80. The number of nitrogens with zero attached hydrogens (tertiary/aromatic N) is 4. The molecular weight excluding hydrogens is 483 g/mol. The van der Waals surface area contributed by atoms with Crippen LogP contribution in [0.5, 0.6) is 5.75 Å². The van der Waals surface area contributed by atoms with Crippen LogP contribution in [0, 0.1) is 12.8 Å². The van der Waals surface area contributed by atoms with Gasteiger partial charge < -0.3 is 24.7 Å². The summed E-state index contributed by atoms with van der Waals surface area (Å²) in [6.45, 7) is 8.30. The highest BCUT2D eigenvalue weighted by Gasteiger charge is 2.17. The Morgan fingerprint density at radius 1 is 1.38 bits per heavy atom. The van der Waals surface area contributed by atoms with Gasteiger partial charge >= 0.3 is 0 Å². The zero-order valence-electron chi connectivity index (χ0n) is 17.4. The first-order chi connectivity index (χ1) is 13.7. The van der Waals surface area contributed by atoms with Crippen molar-refractivity contribution < 1.29 is 9.47 Å². The third-order valence-electron chi connectivity index (χ3n) is 4.69. The SMILES string of the molecule is CCNC(=NCc1ccc(C)cc1OCC1CCOC1)NCc1nncn1C.I. The molecule has 3 rings (SSSR count). The topological polar surface area (TPSA) is 85.6 Å². The van der Waals surface area contributed by atoms with Gasteiger partial charge in [0.15, 0.2) is 11.8 Å². The van der Waals surface area contributed by atoms with Crippen molar-refractivity contribution in [3.05, 3.63) is 41.5 Å². The number of guanidine groups is 1. The minimum atomic E-state index is 0. The number of nitrogens with one attached hydrogen (secondary N) is 2. The minimum Gasteiger partial charge on any atom is -0.493 e. The molecule has 1 aliphatic heterocycles. The second-order valence-electron chi connectivity index (χ2n) is 7.06. The molecule has 0 aliphatic carbocycles. The fraction of sp³-hybridized carbons (Fsp3) is 0.550. The van der Waals surface area contributed by atoms with E-state index < -0.39 is 0 Å². The number of rotatable bonds is 8. The maximum absolute atomic E-state index is 6.12. The average Bonchev–Trinajstić information content (AvgIpc) is 3.35. The number of benzene rings is 1. The van der Waals surface area contributed by atoms with E-state index in [4.69, 9.17) is 14.5 Å². The third-order valence-corrected chi connectivity index (χ3v) is 4.69. The summed E-state index contributed by atoms with van der Waals surface area (Å²) in [4.78, 5) is 4.72. The summed E-state index contributed by atoms with van der Waals surface area (Å²) in [5, 5.41) is 14.6. The van der Waals surface area contributed by atoms with Crippen molar-refractivity contribution in [2.24, 2.45) is 18.0 Å². The van der Waals surface area contributed by atoms with Gasteiger partial charge in [-0.25, -0.2) is 4.99 Å². The first-order valence-electron chi connectivity index (χ1n) is 9.80. The Balaban J connectivity index is 0.00000300. The Labute approximate surface area is 189 Å². The van der Waals surface area contributed by atoms with Gasteiger partial charge in [-0.15, -0.1) is 34.2 Å². The van der Waals surface area contributed by atoms with Gasteiger partial charge in [0.05, 0.1) is 26.3 Å².